The molecule has 0 N–H and O–H groups in total. The summed E-state index contributed by atoms with van der Waals surface area (Å²) in [7, 11) is 0. The monoisotopic (exact) mass is 349 g/mol. The van der Waals surface area contributed by atoms with Crippen LogP contribution in [0.3, 0.4) is 0 Å². The summed E-state index contributed by atoms with van der Waals surface area (Å²) in [6, 6.07) is 7.53. The average molecular weight is 350 g/mol. The number of carbonyl (C=O) groups excluding carboxylic acids is 1. The normalized spacial score (nSPS) is 18.4. The van der Waals surface area contributed by atoms with Crippen molar-refractivity contribution < 1.29 is 22.7 Å². The standard InChI is InChI=1S/C16H19ClF3NO2/c17-14-6-2-1-4-12(14)10-13-5-3-8-21(13)15(22)7-9-23-11-16(18,19)20/h1-2,4,6,13H,3,5,7-11H2/t13-/m0/s1. The number of likely N-dealkylation sites (tertiary alicyclic amines) is 1. The van der Waals surface area contributed by atoms with Gasteiger partial charge in [0.25, 0.3) is 0 Å². The van der Waals surface area contributed by atoms with Gasteiger partial charge in [0, 0.05) is 17.6 Å². The Hall–Kier alpha value is -1.27. The minimum Gasteiger partial charge on any atom is -0.372 e. The molecule has 1 aromatic rings. The molecular formula is C16H19ClF3NO2. The maximum Gasteiger partial charge on any atom is 0.411 e. The Morgan fingerprint density at radius 2 is 2.09 bits per heavy atom. The van der Waals surface area contributed by atoms with Gasteiger partial charge in [-0.2, -0.15) is 13.2 Å². The number of alkyl halides is 3. The van der Waals surface area contributed by atoms with Gasteiger partial charge in [-0.05, 0) is 30.9 Å². The molecule has 0 aromatic heterocycles. The SMILES string of the molecule is O=C(CCOCC(F)(F)F)N1CCC[C@H]1Cc1ccccc1Cl. The smallest absolute Gasteiger partial charge is 0.372 e. The number of nitrogens with zero attached hydrogens (tertiary/aromatic N) is 1. The summed E-state index contributed by atoms with van der Waals surface area (Å²) >= 11 is 6.15. The Kier molecular flexibility index (Phi) is 6.30. The van der Waals surface area contributed by atoms with E-state index in [9.17, 15) is 18.0 Å². The molecule has 1 amide bonds. The van der Waals surface area contributed by atoms with Gasteiger partial charge in [-0.15, -0.1) is 0 Å². The Labute approximate surface area is 138 Å². The van der Waals surface area contributed by atoms with Crippen LogP contribution in [0.25, 0.3) is 0 Å². The zero-order chi connectivity index (χ0) is 16.9. The van der Waals surface area contributed by atoms with Gasteiger partial charge in [0.05, 0.1) is 13.0 Å². The van der Waals surface area contributed by atoms with Crippen molar-refractivity contribution in [3.05, 3.63) is 34.9 Å². The highest BCUT2D eigenvalue weighted by Gasteiger charge is 2.30. The van der Waals surface area contributed by atoms with E-state index in [-0.39, 0.29) is 25.0 Å². The van der Waals surface area contributed by atoms with Crippen molar-refractivity contribution in [3.63, 3.8) is 0 Å². The number of hydrogen-bond donors (Lipinski definition) is 0. The third kappa shape index (κ3) is 5.70. The highest BCUT2D eigenvalue weighted by Crippen LogP contribution is 2.25. The molecule has 0 bridgehead atoms. The first-order valence-electron chi connectivity index (χ1n) is 7.54. The third-order valence-corrected chi connectivity index (χ3v) is 4.21. The third-order valence-electron chi connectivity index (χ3n) is 3.84. The fraction of sp³-hybridized carbons (Fsp3) is 0.562. The number of ether oxygens (including phenoxy) is 1. The summed E-state index contributed by atoms with van der Waals surface area (Å²) < 4.78 is 40.5. The predicted octanol–water partition coefficient (Wildman–Crippen LogP) is 3.84. The molecule has 0 unspecified atom stereocenters. The van der Waals surface area contributed by atoms with Crippen molar-refractivity contribution in [1.29, 1.82) is 0 Å². The molecule has 1 aromatic carbocycles. The Balaban J connectivity index is 1.83. The van der Waals surface area contributed by atoms with Gasteiger partial charge in [-0.3, -0.25) is 4.79 Å². The highest BCUT2D eigenvalue weighted by atomic mass is 35.5. The number of hydrogen-bond acceptors (Lipinski definition) is 2. The van der Waals surface area contributed by atoms with Crippen molar-refractivity contribution in [1.82, 2.24) is 4.90 Å². The Morgan fingerprint density at radius 3 is 2.78 bits per heavy atom. The minimum absolute atomic E-state index is 0.0326. The largest absolute Gasteiger partial charge is 0.411 e. The molecule has 1 atom stereocenters. The van der Waals surface area contributed by atoms with E-state index in [1.165, 1.54) is 0 Å². The second-order valence-electron chi connectivity index (χ2n) is 5.60. The Bertz CT molecular complexity index is 536. The Morgan fingerprint density at radius 1 is 1.35 bits per heavy atom. The highest BCUT2D eigenvalue weighted by molar-refractivity contribution is 6.31. The van der Waals surface area contributed by atoms with Gasteiger partial charge >= 0.3 is 6.18 Å². The molecule has 2 rings (SSSR count). The number of benzene rings is 1. The van der Waals surface area contributed by atoms with E-state index >= 15 is 0 Å². The lowest BCUT2D eigenvalue weighted by molar-refractivity contribution is -0.175. The molecule has 0 aliphatic carbocycles. The maximum absolute atomic E-state index is 12.2. The molecule has 7 heteroatoms. The molecular weight excluding hydrogens is 331 g/mol. The second kappa shape index (κ2) is 8.02. The lowest BCUT2D eigenvalue weighted by Crippen LogP contribution is -2.37. The van der Waals surface area contributed by atoms with Crippen molar-refractivity contribution in [2.24, 2.45) is 0 Å². The summed E-state index contributed by atoms with van der Waals surface area (Å²) in [5.74, 6) is -0.165. The number of carbonyl (C=O) groups is 1. The molecule has 0 spiro atoms. The van der Waals surface area contributed by atoms with Crippen LogP contribution in [-0.4, -0.2) is 42.8 Å². The fourth-order valence-electron chi connectivity index (χ4n) is 2.79. The first-order valence-corrected chi connectivity index (χ1v) is 7.92. The molecule has 0 radical (unpaired) electrons. The summed E-state index contributed by atoms with van der Waals surface area (Å²) in [5, 5.41) is 0.667. The summed E-state index contributed by atoms with van der Waals surface area (Å²) in [5.41, 5.74) is 0.979. The minimum atomic E-state index is -4.36. The van der Waals surface area contributed by atoms with Gasteiger partial charge < -0.3 is 9.64 Å². The van der Waals surface area contributed by atoms with Crippen molar-refractivity contribution in [2.45, 2.75) is 37.9 Å². The zero-order valence-electron chi connectivity index (χ0n) is 12.6. The van der Waals surface area contributed by atoms with Crippen LogP contribution in [0.2, 0.25) is 5.02 Å². The molecule has 1 aliphatic heterocycles. The number of amides is 1. The molecule has 1 heterocycles. The molecule has 1 saturated heterocycles. The second-order valence-corrected chi connectivity index (χ2v) is 6.00. The number of halogens is 4. The van der Waals surface area contributed by atoms with Crippen molar-refractivity contribution >= 4 is 17.5 Å². The molecule has 0 saturated carbocycles. The lowest BCUT2D eigenvalue weighted by atomic mass is 10.0. The van der Waals surface area contributed by atoms with Crippen LogP contribution < -0.4 is 0 Å². The zero-order valence-corrected chi connectivity index (χ0v) is 13.4. The summed E-state index contributed by atoms with van der Waals surface area (Å²) in [6.45, 7) is -0.899. The average Bonchev–Trinajstić information content (AvgIpc) is 2.93. The quantitative estimate of drug-likeness (QED) is 0.730. The van der Waals surface area contributed by atoms with Crippen LogP contribution in [0.1, 0.15) is 24.8 Å². The first kappa shape index (κ1) is 18.1. The lowest BCUT2D eigenvalue weighted by Gasteiger charge is -2.25. The molecule has 23 heavy (non-hydrogen) atoms. The topological polar surface area (TPSA) is 29.5 Å². The first-order chi connectivity index (χ1) is 10.9. The van der Waals surface area contributed by atoms with E-state index in [4.69, 9.17) is 11.6 Å². The van der Waals surface area contributed by atoms with Crippen LogP contribution >= 0.6 is 11.6 Å². The predicted molar refractivity (Wildman–Crippen MR) is 81.4 cm³/mol. The molecule has 3 nitrogen and oxygen atoms in total. The molecule has 128 valence electrons. The van der Waals surface area contributed by atoms with Crippen LogP contribution in [0, 0.1) is 0 Å². The van der Waals surface area contributed by atoms with Gasteiger partial charge in [0.1, 0.15) is 6.61 Å². The molecule has 1 fully saturated rings. The van der Waals surface area contributed by atoms with Crippen molar-refractivity contribution in [3.8, 4) is 0 Å². The van der Waals surface area contributed by atoms with Crippen LogP contribution in [0.15, 0.2) is 24.3 Å². The van der Waals surface area contributed by atoms with Crippen LogP contribution in [0.4, 0.5) is 13.2 Å². The van der Waals surface area contributed by atoms with E-state index in [1.807, 2.05) is 24.3 Å². The van der Waals surface area contributed by atoms with Gasteiger partial charge in [-0.1, -0.05) is 29.8 Å². The fourth-order valence-corrected chi connectivity index (χ4v) is 3.00. The summed E-state index contributed by atoms with van der Waals surface area (Å²) in [4.78, 5) is 13.9. The molecule has 1 aliphatic rings. The van der Waals surface area contributed by atoms with E-state index in [0.29, 0.717) is 18.0 Å². The van der Waals surface area contributed by atoms with Crippen LogP contribution in [-0.2, 0) is 16.0 Å². The van der Waals surface area contributed by atoms with Gasteiger partial charge in [0.2, 0.25) is 5.91 Å². The van der Waals surface area contributed by atoms with Crippen molar-refractivity contribution in [2.75, 3.05) is 19.8 Å². The van der Waals surface area contributed by atoms with Gasteiger partial charge in [0.15, 0.2) is 0 Å². The van der Waals surface area contributed by atoms with E-state index in [0.717, 1.165) is 18.4 Å². The summed E-state index contributed by atoms with van der Waals surface area (Å²) in [6.07, 6.45) is -1.96. The van der Waals surface area contributed by atoms with E-state index < -0.39 is 12.8 Å². The van der Waals surface area contributed by atoms with E-state index in [2.05, 4.69) is 4.74 Å². The van der Waals surface area contributed by atoms with E-state index in [1.54, 1.807) is 4.90 Å². The van der Waals surface area contributed by atoms with Gasteiger partial charge in [-0.25, -0.2) is 0 Å². The maximum atomic E-state index is 12.2. The van der Waals surface area contributed by atoms with Crippen LogP contribution in [0.5, 0.6) is 0 Å². The number of rotatable bonds is 6.